The van der Waals surface area contributed by atoms with Crippen molar-refractivity contribution in [3.8, 4) is 0 Å². The van der Waals surface area contributed by atoms with Gasteiger partial charge in [0.15, 0.2) is 6.10 Å². The second-order valence-corrected chi connectivity index (χ2v) is 16.3. The van der Waals surface area contributed by atoms with E-state index in [0.717, 1.165) is 89.9 Å². The minimum atomic E-state index is -0.785. The van der Waals surface area contributed by atoms with Crippen LogP contribution in [0, 0.1) is 0 Å². The predicted molar refractivity (Wildman–Crippen MR) is 251 cm³/mol. The molecule has 1 atom stereocenters. The summed E-state index contributed by atoms with van der Waals surface area (Å²) in [5.74, 6) is -0.926. The third kappa shape index (κ3) is 46.0. The fraction of sp³-hybridized carbons (Fsp3) is 0.755. The van der Waals surface area contributed by atoms with Crippen LogP contribution in [0.4, 0.5) is 0 Å². The Morgan fingerprint density at radius 3 is 1.07 bits per heavy atom. The topological polar surface area (TPSA) is 78.9 Å². The molecule has 0 saturated carbocycles. The average molecular weight is 825 g/mol. The molecule has 0 rings (SSSR count). The number of rotatable bonds is 44. The van der Waals surface area contributed by atoms with Crippen LogP contribution in [0.15, 0.2) is 60.8 Å². The quantitative estimate of drug-likeness (QED) is 0.0263. The smallest absolute Gasteiger partial charge is 0.306 e. The first-order valence-electron chi connectivity index (χ1n) is 24.8. The van der Waals surface area contributed by atoms with Crippen LogP contribution in [0.2, 0.25) is 0 Å². The molecule has 0 heterocycles. The molecule has 0 aliphatic heterocycles. The highest BCUT2D eigenvalue weighted by Crippen LogP contribution is 2.15. The average Bonchev–Trinajstić information content (AvgIpc) is 3.23. The molecular formula is C53H92O6. The maximum atomic E-state index is 12.7. The Labute approximate surface area is 364 Å². The molecule has 6 heteroatoms. The third-order valence-corrected chi connectivity index (χ3v) is 10.5. The third-order valence-electron chi connectivity index (χ3n) is 10.5. The highest BCUT2D eigenvalue weighted by atomic mass is 16.6. The Morgan fingerprint density at radius 2 is 0.661 bits per heavy atom. The lowest BCUT2D eigenvalue weighted by Crippen LogP contribution is -2.30. The van der Waals surface area contributed by atoms with E-state index in [2.05, 4.69) is 81.5 Å². The summed E-state index contributed by atoms with van der Waals surface area (Å²) in [4.78, 5) is 37.8. The van der Waals surface area contributed by atoms with Gasteiger partial charge in [0.2, 0.25) is 0 Å². The second kappa shape index (κ2) is 47.8. The summed E-state index contributed by atoms with van der Waals surface area (Å²) in [6, 6.07) is 0. The number of carbonyl (C=O) groups excluding carboxylic acids is 3. The monoisotopic (exact) mass is 825 g/mol. The molecule has 6 nitrogen and oxygen atoms in total. The van der Waals surface area contributed by atoms with Crippen LogP contribution in [0.3, 0.4) is 0 Å². The largest absolute Gasteiger partial charge is 0.462 e. The fourth-order valence-electron chi connectivity index (χ4n) is 6.85. The Hall–Kier alpha value is -2.89. The highest BCUT2D eigenvalue weighted by molar-refractivity contribution is 5.71. The minimum absolute atomic E-state index is 0.0858. The lowest BCUT2D eigenvalue weighted by atomic mass is 10.0. The summed E-state index contributed by atoms with van der Waals surface area (Å²) in [5, 5.41) is 0. The number of ether oxygens (including phenoxy) is 3. The van der Waals surface area contributed by atoms with E-state index in [1.165, 1.54) is 109 Å². The molecule has 0 radical (unpaired) electrons. The van der Waals surface area contributed by atoms with E-state index in [1.54, 1.807) is 0 Å². The first-order valence-corrected chi connectivity index (χ1v) is 24.8. The van der Waals surface area contributed by atoms with E-state index in [4.69, 9.17) is 14.2 Å². The molecule has 0 saturated heterocycles. The van der Waals surface area contributed by atoms with E-state index >= 15 is 0 Å². The number of esters is 3. The van der Waals surface area contributed by atoms with Crippen LogP contribution in [0.1, 0.15) is 239 Å². The first-order chi connectivity index (χ1) is 29.0. The molecule has 0 amide bonds. The Morgan fingerprint density at radius 1 is 0.356 bits per heavy atom. The van der Waals surface area contributed by atoms with Gasteiger partial charge in [0, 0.05) is 19.3 Å². The zero-order valence-electron chi connectivity index (χ0n) is 38.8. The molecule has 0 bridgehead atoms. The van der Waals surface area contributed by atoms with Gasteiger partial charge >= 0.3 is 17.9 Å². The van der Waals surface area contributed by atoms with Crippen LogP contribution in [-0.2, 0) is 28.6 Å². The van der Waals surface area contributed by atoms with Gasteiger partial charge in [-0.2, -0.15) is 0 Å². The number of hydrogen-bond donors (Lipinski definition) is 0. The highest BCUT2D eigenvalue weighted by Gasteiger charge is 2.19. The normalized spacial score (nSPS) is 12.5. The Kier molecular flexibility index (Phi) is 45.4. The van der Waals surface area contributed by atoms with Crippen LogP contribution in [0.25, 0.3) is 0 Å². The van der Waals surface area contributed by atoms with Crippen molar-refractivity contribution in [2.75, 3.05) is 13.2 Å². The molecule has 0 aromatic heterocycles. The molecular weight excluding hydrogens is 733 g/mol. The van der Waals surface area contributed by atoms with Gasteiger partial charge in [0.05, 0.1) is 0 Å². The number of unbranched alkanes of at least 4 members (excludes halogenated alkanes) is 23. The van der Waals surface area contributed by atoms with Crippen LogP contribution < -0.4 is 0 Å². The Balaban J connectivity index is 4.31. The molecule has 0 spiro atoms. The number of carbonyl (C=O) groups is 3. The van der Waals surface area contributed by atoms with E-state index in [9.17, 15) is 14.4 Å². The summed E-state index contributed by atoms with van der Waals surface area (Å²) in [7, 11) is 0. The van der Waals surface area contributed by atoms with Crippen molar-refractivity contribution >= 4 is 17.9 Å². The maximum Gasteiger partial charge on any atom is 0.306 e. The van der Waals surface area contributed by atoms with Crippen molar-refractivity contribution in [2.45, 2.75) is 245 Å². The van der Waals surface area contributed by atoms with Gasteiger partial charge in [-0.1, -0.05) is 204 Å². The van der Waals surface area contributed by atoms with Gasteiger partial charge in [0.1, 0.15) is 13.2 Å². The standard InChI is InChI=1S/C53H92O6/c1-4-7-10-13-16-19-21-23-24-25-26-27-28-30-31-34-37-40-43-46-52(55)58-49-50(48-57-51(54)45-42-39-36-33-18-15-12-9-6-3)59-53(56)47-44-41-38-35-32-29-22-20-17-14-11-8-5-2/h7,9-10,12,16,18-19,23-24,33,50H,4-6,8,11,13-15,17,20-22,25-32,34-49H2,1-3H3/b10-7-,12-9-,19-16-,24-23-,33-18-. The lowest BCUT2D eigenvalue weighted by Gasteiger charge is -2.18. The summed E-state index contributed by atoms with van der Waals surface area (Å²) >= 11 is 0. The van der Waals surface area contributed by atoms with Gasteiger partial charge in [-0.05, 0) is 77.0 Å². The molecule has 340 valence electrons. The van der Waals surface area contributed by atoms with Crippen LogP contribution >= 0.6 is 0 Å². The van der Waals surface area contributed by atoms with E-state index in [1.807, 2.05) is 0 Å². The summed E-state index contributed by atoms with van der Waals surface area (Å²) in [6.07, 6.45) is 57.9. The first kappa shape index (κ1) is 56.1. The molecule has 0 aromatic carbocycles. The minimum Gasteiger partial charge on any atom is -0.462 e. The zero-order chi connectivity index (χ0) is 43.0. The fourth-order valence-corrected chi connectivity index (χ4v) is 6.85. The van der Waals surface area contributed by atoms with Crippen LogP contribution in [-0.4, -0.2) is 37.2 Å². The van der Waals surface area contributed by atoms with Gasteiger partial charge in [0.25, 0.3) is 0 Å². The van der Waals surface area contributed by atoms with Crippen molar-refractivity contribution in [2.24, 2.45) is 0 Å². The van der Waals surface area contributed by atoms with Gasteiger partial charge < -0.3 is 14.2 Å². The molecule has 0 fully saturated rings. The van der Waals surface area contributed by atoms with E-state index < -0.39 is 6.10 Å². The SMILES string of the molecule is CC/C=C\C/C=C\C/C=C\CCCCCCCCCCCC(=O)OCC(COC(=O)CCCC/C=C\C/C=C\CC)OC(=O)CCCCCCCCCCCCCCC. The summed E-state index contributed by atoms with van der Waals surface area (Å²) < 4.78 is 16.7. The van der Waals surface area contributed by atoms with Crippen molar-refractivity contribution < 1.29 is 28.6 Å². The second-order valence-electron chi connectivity index (χ2n) is 16.3. The van der Waals surface area contributed by atoms with Gasteiger partial charge in [-0.25, -0.2) is 0 Å². The summed E-state index contributed by atoms with van der Waals surface area (Å²) in [6.45, 7) is 6.37. The summed E-state index contributed by atoms with van der Waals surface area (Å²) in [5.41, 5.74) is 0. The number of hydrogen-bond acceptors (Lipinski definition) is 6. The lowest BCUT2D eigenvalue weighted by molar-refractivity contribution is -0.167. The molecule has 0 N–H and O–H groups in total. The predicted octanol–water partition coefficient (Wildman–Crippen LogP) is 16.1. The zero-order valence-corrected chi connectivity index (χ0v) is 38.8. The molecule has 0 aliphatic rings. The van der Waals surface area contributed by atoms with Gasteiger partial charge in [-0.15, -0.1) is 0 Å². The molecule has 59 heavy (non-hydrogen) atoms. The van der Waals surface area contributed by atoms with Crippen molar-refractivity contribution in [1.82, 2.24) is 0 Å². The van der Waals surface area contributed by atoms with Gasteiger partial charge in [-0.3, -0.25) is 14.4 Å². The molecule has 0 aliphatic carbocycles. The maximum absolute atomic E-state index is 12.7. The molecule has 1 unspecified atom stereocenters. The van der Waals surface area contributed by atoms with Crippen LogP contribution in [0.5, 0.6) is 0 Å². The van der Waals surface area contributed by atoms with Crippen molar-refractivity contribution in [3.63, 3.8) is 0 Å². The Bertz CT molecular complexity index is 1090. The van der Waals surface area contributed by atoms with E-state index in [-0.39, 0.29) is 31.1 Å². The number of allylic oxidation sites excluding steroid dienone is 10. The van der Waals surface area contributed by atoms with Crippen molar-refractivity contribution in [1.29, 1.82) is 0 Å². The molecule has 0 aromatic rings. The van der Waals surface area contributed by atoms with E-state index in [0.29, 0.717) is 19.3 Å². The van der Waals surface area contributed by atoms with Crippen molar-refractivity contribution in [3.05, 3.63) is 60.8 Å².